The third-order valence-corrected chi connectivity index (χ3v) is 4.52. The standard InChI is InChI=1S/C18H19ClFN3O2/c1-2-12-9-21-18(22-10-12)25-13-5-4-8-23(11-13)17(24)16-14(19)6-3-7-15(16)20/h3,6-7,9-10,13H,2,4-5,8,11H2,1H3. The van der Waals surface area contributed by atoms with Crippen molar-refractivity contribution in [2.45, 2.75) is 32.3 Å². The number of rotatable bonds is 4. The van der Waals surface area contributed by atoms with Crippen LogP contribution in [0.5, 0.6) is 6.01 Å². The van der Waals surface area contributed by atoms with E-state index in [2.05, 4.69) is 9.97 Å². The molecule has 0 saturated carbocycles. The summed E-state index contributed by atoms with van der Waals surface area (Å²) in [4.78, 5) is 22.6. The predicted molar refractivity (Wildman–Crippen MR) is 92.4 cm³/mol. The molecule has 2 aromatic rings. The molecule has 3 rings (SSSR count). The SMILES string of the molecule is CCc1cnc(OC2CCCN(C(=O)c3c(F)cccc3Cl)C2)nc1. The fraction of sp³-hybridized carbons (Fsp3) is 0.389. The Morgan fingerprint density at radius 2 is 2.16 bits per heavy atom. The summed E-state index contributed by atoms with van der Waals surface area (Å²) in [5.74, 6) is -1.03. The van der Waals surface area contributed by atoms with Gasteiger partial charge in [-0.05, 0) is 37.0 Å². The van der Waals surface area contributed by atoms with Crippen LogP contribution in [0.15, 0.2) is 30.6 Å². The number of amides is 1. The number of benzene rings is 1. The first-order chi connectivity index (χ1) is 12.1. The molecule has 1 unspecified atom stereocenters. The van der Waals surface area contributed by atoms with Crippen molar-refractivity contribution in [3.8, 4) is 6.01 Å². The van der Waals surface area contributed by atoms with Crippen LogP contribution >= 0.6 is 11.6 Å². The maximum absolute atomic E-state index is 14.0. The van der Waals surface area contributed by atoms with E-state index in [1.165, 1.54) is 18.2 Å². The minimum absolute atomic E-state index is 0.0895. The van der Waals surface area contributed by atoms with E-state index < -0.39 is 11.7 Å². The third kappa shape index (κ3) is 4.07. The summed E-state index contributed by atoms with van der Waals surface area (Å²) in [6.45, 7) is 2.92. The Kier molecular flexibility index (Phi) is 5.48. The lowest BCUT2D eigenvalue weighted by atomic mass is 10.1. The van der Waals surface area contributed by atoms with Crippen LogP contribution in [-0.4, -0.2) is 40.0 Å². The van der Waals surface area contributed by atoms with Gasteiger partial charge in [-0.1, -0.05) is 24.6 Å². The number of nitrogens with zero attached hydrogens (tertiary/aromatic N) is 3. The van der Waals surface area contributed by atoms with E-state index >= 15 is 0 Å². The molecule has 0 aliphatic carbocycles. The zero-order chi connectivity index (χ0) is 17.8. The van der Waals surface area contributed by atoms with Crippen molar-refractivity contribution < 1.29 is 13.9 Å². The Hall–Kier alpha value is -2.21. The molecule has 1 aromatic carbocycles. The van der Waals surface area contributed by atoms with Crippen LogP contribution in [0.3, 0.4) is 0 Å². The van der Waals surface area contributed by atoms with Gasteiger partial charge in [0.2, 0.25) is 0 Å². The lowest BCUT2D eigenvalue weighted by molar-refractivity contribution is 0.0512. The first kappa shape index (κ1) is 17.6. The molecule has 132 valence electrons. The van der Waals surface area contributed by atoms with Crippen molar-refractivity contribution in [3.63, 3.8) is 0 Å². The molecule has 0 N–H and O–H groups in total. The number of carbonyl (C=O) groups is 1. The smallest absolute Gasteiger partial charge is 0.316 e. The largest absolute Gasteiger partial charge is 0.458 e. The molecule has 0 spiro atoms. The van der Waals surface area contributed by atoms with Crippen molar-refractivity contribution in [1.82, 2.24) is 14.9 Å². The van der Waals surface area contributed by atoms with Gasteiger partial charge in [-0.25, -0.2) is 14.4 Å². The highest BCUT2D eigenvalue weighted by Gasteiger charge is 2.28. The van der Waals surface area contributed by atoms with Gasteiger partial charge in [0, 0.05) is 18.9 Å². The number of aromatic nitrogens is 2. The molecule has 25 heavy (non-hydrogen) atoms. The van der Waals surface area contributed by atoms with Gasteiger partial charge in [-0.2, -0.15) is 0 Å². The fourth-order valence-electron chi connectivity index (χ4n) is 2.81. The normalized spacial score (nSPS) is 17.4. The van der Waals surface area contributed by atoms with Crippen molar-refractivity contribution in [2.75, 3.05) is 13.1 Å². The summed E-state index contributed by atoms with van der Waals surface area (Å²) >= 11 is 6.00. The molecule has 1 atom stereocenters. The molecule has 2 heterocycles. The van der Waals surface area contributed by atoms with Gasteiger partial charge in [0.1, 0.15) is 11.9 Å². The van der Waals surface area contributed by atoms with Crippen molar-refractivity contribution in [1.29, 1.82) is 0 Å². The van der Waals surface area contributed by atoms with E-state index in [1.807, 2.05) is 6.92 Å². The summed E-state index contributed by atoms with van der Waals surface area (Å²) in [5, 5.41) is 0.117. The number of aryl methyl sites for hydroxylation is 1. The summed E-state index contributed by atoms with van der Waals surface area (Å²) in [6, 6.07) is 4.52. The van der Waals surface area contributed by atoms with Gasteiger partial charge < -0.3 is 9.64 Å². The van der Waals surface area contributed by atoms with Gasteiger partial charge in [0.05, 0.1) is 17.1 Å². The number of halogens is 2. The van der Waals surface area contributed by atoms with Crippen molar-refractivity contribution >= 4 is 17.5 Å². The van der Waals surface area contributed by atoms with Crippen LogP contribution in [0.2, 0.25) is 5.02 Å². The summed E-state index contributed by atoms with van der Waals surface area (Å²) < 4.78 is 19.8. The Labute approximate surface area is 150 Å². The number of likely N-dealkylation sites (tertiary alicyclic amines) is 1. The van der Waals surface area contributed by atoms with Crippen LogP contribution in [0.4, 0.5) is 4.39 Å². The van der Waals surface area contributed by atoms with E-state index in [1.54, 1.807) is 17.3 Å². The molecule has 1 saturated heterocycles. The zero-order valence-corrected chi connectivity index (χ0v) is 14.7. The molecule has 5 nitrogen and oxygen atoms in total. The maximum Gasteiger partial charge on any atom is 0.316 e. The van der Waals surface area contributed by atoms with Crippen molar-refractivity contribution in [2.24, 2.45) is 0 Å². The molecule has 1 amide bonds. The molecule has 7 heteroatoms. The second-order valence-corrected chi connectivity index (χ2v) is 6.36. The number of carbonyl (C=O) groups excluding carboxylic acids is 1. The second kappa shape index (κ2) is 7.78. The first-order valence-corrected chi connectivity index (χ1v) is 8.67. The Bertz CT molecular complexity index is 734. The third-order valence-electron chi connectivity index (χ3n) is 4.20. The summed E-state index contributed by atoms with van der Waals surface area (Å²) in [5.41, 5.74) is 0.940. The van der Waals surface area contributed by atoms with E-state index in [9.17, 15) is 9.18 Å². The average Bonchev–Trinajstić information content (AvgIpc) is 2.62. The quantitative estimate of drug-likeness (QED) is 0.834. The van der Waals surface area contributed by atoms with Crippen LogP contribution < -0.4 is 4.74 Å². The summed E-state index contributed by atoms with van der Waals surface area (Å²) in [7, 11) is 0. The van der Waals surface area contributed by atoms with E-state index in [4.69, 9.17) is 16.3 Å². The monoisotopic (exact) mass is 363 g/mol. The fourth-order valence-corrected chi connectivity index (χ4v) is 3.06. The molecular weight excluding hydrogens is 345 g/mol. The molecule has 1 fully saturated rings. The number of piperidine rings is 1. The second-order valence-electron chi connectivity index (χ2n) is 5.96. The highest BCUT2D eigenvalue weighted by Crippen LogP contribution is 2.23. The van der Waals surface area contributed by atoms with Gasteiger partial charge in [0.15, 0.2) is 0 Å². The Morgan fingerprint density at radius 1 is 1.40 bits per heavy atom. The molecule has 0 radical (unpaired) electrons. The molecule has 0 bridgehead atoms. The Balaban J connectivity index is 1.69. The highest BCUT2D eigenvalue weighted by atomic mass is 35.5. The first-order valence-electron chi connectivity index (χ1n) is 8.29. The Morgan fingerprint density at radius 3 is 2.84 bits per heavy atom. The van der Waals surface area contributed by atoms with E-state index in [-0.39, 0.29) is 16.7 Å². The number of ether oxygens (including phenoxy) is 1. The van der Waals surface area contributed by atoms with E-state index in [0.29, 0.717) is 19.1 Å². The number of hydrogen-bond donors (Lipinski definition) is 0. The van der Waals surface area contributed by atoms with Crippen LogP contribution in [0.25, 0.3) is 0 Å². The van der Waals surface area contributed by atoms with Gasteiger partial charge in [-0.15, -0.1) is 0 Å². The van der Waals surface area contributed by atoms with Crippen LogP contribution in [-0.2, 0) is 6.42 Å². The topological polar surface area (TPSA) is 55.3 Å². The minimum Gasteiger partial charge on any atom is -0.458 e. The van der Waals surface area contributed by atoms with Crippen molar-refractivity contribution in [3.05, 3.63) is 52.6 Å². The molecular formula is C18H19ClFN3O2. The molecule has 1 aliphatic heterocycles. The summed E-state index contributed by atoms with van der Waals surface area (Å²) in [6.07, 6.45) is 5.63. The minimum atomic E-state index is -0.612. The average molecular weight is 364 g/mol. The zero-order valence-electron chi connectivity index (χ0n) is 13.9. The number of hydrogen-bond acceptors (Lipinski definition) is 4. The molecule has 1 aromatic heterocycles. The van der Waals surface area contributed by atoms with Crippen LogP contribution in [0, 0.1) is 5.82 Å². The lowest BCUT2D eigenvalue weighted by Crippen LogP contribution is -2.44. The van der Waals surface area contributed by atoms with E-state index in [0.717, 1.165) is 24.8 Å². The van der Waals surface area contributed by atoms with Gasteiger partial charge >= 0.3 is 6.01 Å². The van der Waals surface area contributed by atoms with Gasteiger partial charge in [0.25, 0.3) is 5.91 Å². The maximum atomic E-state index is 14.0. The predicted octanol–water partition coefficient (Wildman–Crippen LogP) is 3.52. The van der Waals surface area contributed by atoms with Gasteiger partial charge in [-0.3, -0.25) is 4.79 Å². The highest BCUT2D eigenvalue weighted by molar-refractivity contribution is 6.33. The molecule has 1 aliphatic rings. The lowest BCUT2D eigenvalue weighted by Gasteiger charge is -2.32. The van der Waals surface area contributed by atoms with Crippen LogP contribution in [0.1, 0.15) is 35.7 Å².